The predicted octanol–water partition coefficient (Wildman–Crippen LogP) is 5.30. The fraction of sp³-hybridized carbons (Fsp3) is 0.200. The van der Waals surface area contributed by atoms with Gasteiger partial charge in [0.25, 0.3) is 5.91 Å². The van der Waals surface area contributed by atoms with Crippen molar-refractivity contribution < 1.29 is 14.3 Å². The van der Waals surface area contributed by atoms with E-state index in [1.54, 1.807) is 26.4 Å². The number of methoxy groups -OCH3 is 2. The number of halogens is 1. The maximum absolute atomic E-state index is 12.7. The van der Waals surface area contributed by atoms with Gasteiger partial charge in [0.05, 0.1) is 25.5 Å². The summed E-state index contributed by atoms with van der Waals surface area (Å²) in [4.78, 5) is 17.3. The van der Waals surface area contributed by atoms with Crippen LogP contribution in [0.4, 0.5) is 5.13 Å². The molecule has 0 saturated heterocycles. The first kappa shape index (κ1) is 19.6. The largest absolute Gasteiger partial charge is 0.493 e. The van der Waals surface area contributed by atoms with Crippen LogP contribution in [-0.2, 0) is 0 Å². The number of amides is 1. The Morgan fingerprint density at radius 2 is 1.78 bits per heavy atom. The quantitative estimate of drug-likeness (QED) is 0.489. The number of aromatic nitrogens is 1. The van der Waals surface area contributed by atoms with Crippen molar-refractivity contribution in [1.82, 2.24) is 4.98 Å². The summed E-state index contributed by atoms with van der Waals surface area (Å²) in [5.41, 5.74) is 4.85. The highest BCUT2D eigenvalue weighted by molar-refractivity contribution is 14.1. The molecule has 1 aromatic heterocycles. The fourth-order valence-corrected chi connectivity index (χ4v) is 3.96. The van der Waals surface area contributed by atoms with Gasteiger partial charge in [-0.25, -0.2) is 4.98 Å². The minimum absolute atomic E-state index is 0.235. The Morgan fingerprint density at radius 3 is 2.44 bits per heavy atom. The second-order valence-corrected chi connectivity index (χ2v) is 8.00. The van der Waals surface area contributed by atoms with E-state index in [0.717, 1.165) is 14.8 Å². The number of carbonyl (C=O) groups excluding carboxylic acids is 1. The van der Waals surface area contributed by atoms with E-state index in [0.29, 0.717) is 22.2 Å². The van der Waals surface area contributed by atoms with Crippen LogP contribution in [0, 0.1) is 17.4 Å². The zero-order valence-corrected chi connectivity index (χ0v) is 18.4. The Morgan fingerprint density at radius 1 is 1.07 bits per heavy atom. The van der Waals surface area contributed by atoms with Crippen molar-refractivity contribution in [3.63, 3.8) is 0 Å². The van der Waals surface area contributed by atoms with E-state index in [-0.39, 0.29) is 5.91 Å². The molecule has 0 bridgehead atoms. The van der Waals surface area contributed by atoms with Crippen LogP contribution >= 0.6 is 33.9 Å². The molecule has 0 radical (unpaired) electrons. The first-order valence-corrected chi connectivity index (χ1v) is 10.1. The van der Waals surface area contributed by atoms with Crippen LogP contribution in [0.5, 0.6) is 11.5 Å². The van der Waals surface area contributed by atoms with E-state index < -0.39 is 0 Å². The number of ether oxygens (including phenoxy) is 2. The number of nitrogens with one attached hydrogen (secondary N) is 1. The van der Waals surface area contributed by atoms with Gasteiger partial charge in [-0.1, -0.05) is 12.1 Å². The molecule has 0 spiro atoms. The van der Waals surface area contributed by atoms with Crippen molar-refractivity contribution >= 4 is 45.0 Å². The summed E-state index contributed by atoms with van der Waals surface area (Å²) in [5.74, 6) is 0.865. The normalized spacial score (nSPS) is 10.6. The Hall–Kier alpha value is -2.13. The molecule has 0 aliphatic heterocycles. The van der Waals surface area contributed by atoms with Crippen LogP contribution < -0.4 is 14.8 Å². The van der Waals surface area contributed by atoms with Crippen molar-refractivity contribution in [2.45, 2.75) is 13.8 Å². The molecule has 2 aromatic carbocycles. The smallest absolute Gasteiger partial charge is 0.258 e. The van der Waals surface area contributed by atoms with Crippen molar-refractivity contribution in [1.29, 1.82) is 0 Å². The SMILES string of the molecule is COc1cc(I)c(C(=O)Nc2nc(-c3ccc(C)c(C)c3)cs2)cc1OC. The number of benzene rings is 2. The molecular weight excluding hydrogens is 475 g/mol. The molecule has 3 rings (SSSR count). The van der Waals surface area contributed by atoms with E-state index >= 15 is 0 Å². The molecule has 0 atom stereocenters. The monoisotopic (exact) mass is 494 g/mol. The zero-order chi connectivity index (χ0) is 19.6. The molecule has 0 saturated carbocycles. The number of rotatable bonds is 5. The number of carbonyl (C=O) groups is 1. The van der Waals surface area contributed by atoms with Crippen molar-refractivity contribution in [2.75, 3.05) is 19.5 Å². The molecule has 0 unspecified atom stereocenters. The van der Waals surface area contributed by atoms with Gasteiger partial charge in [0.2, 0.25) is 0 Å². The van der Waals surface area contributed by atoms with Crippen LogP contribution in [0.2, 0.25) is 0 Å². The number of anilines is 1. The minimum Gasteiger partial charge on any atom is -0.493 e. The predicted molar refractivity (Wildman–Crippen MR) is 117 cm³/mol. The van der Waals surface area contributed by atoms with Crippen LogP contribution in [0.3, 0.4) is 0 Å². The first-order valence-electron chi connectivity index (χ1n) is 8.19. The van der Waals surface area contributed by atoms with Crippen LogP contribution in [-0.4, -0.2) is 25.1 Å². The summed E-state index contributed by atoms with van der Waals surface area (Å²) in [6.07, 6.45) is 0. The maximum Gasteiger partial charge on any atom is 0.258 e. The van der Waals surface area contributed by atoms with Crippen molar-refractivity contribution in [3.05, 3.63) is 56.0 Å². The van der Waals surface area contributed by atoms with Crippen molar-refractivity contribution in [2.24, 2.45) is 0 Å². The maximum atomic E-state index is 12.7. The highest BCUT2D eigenvalue weighted by Gasteiger charge is 2.17. The molecule has 0 aliphatic rings. The Balaban J connectivity index is 1.83. The molecule has 27 heavy (non-hydrogen) atoms. The fourth-order valence-electron chi connectivity index (χ4n) is 2.56. The summed E-state index contributed by atoms with van der Waals surface area (Å²) in [6, 6.07) is 9.67. The van der Waals surface area contributed by atoms with Gasteiger partial charge < -0.3 is 9.47 Å². The average molecular weight is 494 g/mol. The molecule has 7 heteroatoms. The van der Waals surface area contributed by atoms with Gasteiger partial charge >= 0.3 is 0 Å². The van der Waals surface area contributed by atoms with Crippen molar-refractivity contribution in [3.8, 4) is 22.8 Å². The van der Waals surface area contributed by atoms with Gasteiger partial charge in [-0.15, -0.1) is 11.3 Å². The summed E-state index contributed by atoms with van der Waals surface area (Å²) in [6.45, 7) is 4.16. The first-order chi connectivity index (χ1) is 12.9. The lowest BCUT2D eigenvalue weighted by atomic mass is 10.1. The number of aryl methyl sites for hydroxylation is 2. The lowest BCUT2D eigenvalue weighted by Crippen LogP contribution is -2.13. The highest BCUT2D eigenvalue weighted by Crippen LogP contribution is 2.32. The topological polar surface area (TPSA) is 60.5 Å². The molecule has 0 fully saturated rings. The lowest BCUT2D eigenvalue weighted by molar-refractivity contribution is 0.102. The van der Waals surface area contributed by atoms with E-state index in [2.05, 4.69) is 58.9 Å². The molecule has 1 N–H and O–H groups in total. The molecule has 1 heterocycles. The summed E-state index contributed by atoms with van der Waals surface area (Å²) in [7, 11) is 3.11. The average Bonchev–Trinajstić information content (AvgIpc) is 3.11. The van der Waals surface area contributed by atoms with Crippen LogP contribution in [0.15, 0.2) is 35.7 Å². The van der Waals surface area contributed by atoms with E-state index in [1.165, 1.54) is 22.5 Å². The van der Waals surface area contributed by atoms with Gasteiger partial charge in [-0.2, -0.15) is 0 Å². The lowest BCUT2D eigenvalue weighted by Gasteiger charge is -2.11. The molecule has 3 aromatic rings. The van der Waals surface area contributed by atoms with Gasteiger partial charge in [-0.3, -0.25) is 10.1 Å². The van der Waals surface area contributed by atoms with E-state index in [4.69, 9.17) is 9.47 Å². The van der Waals surface area contributed by atoms with Gasteiger partial charge in [-0.05, 0) is 65.8 Å². The molecular formula is C20H19IN2O3S. The third-order valence-corrected chi connectivity index (χ3v) is 5.90. The molecule has 5 nitrogen and oxygen atoms in total. The summed E-state index contributed by atoms with van der Waals surface area (Å²) in [5, 5.41) is 5.37. The molecule has 1 amide bonds. The van der Waals surface area contributed by atoms with E-state index in [9.17, 15) is 4.79 Å². The third-order valence-electron chi connectivity index (χ3n) is 4.25. The Bertz CT molecular complexity index is 1000. The second-order valence-electron chi connectivity index (χ2n) is 5.98. The summed E-state index contributed by atoms with van der Waals surface area (Å²) < 4.78 is 11.3. The number of thiazole rings is 1. The van der Waals surface area contributed by atoms with E-state index in [1.807, 2.05) is 11.4 Å². The van der Waals surface area contributed by atoms with Crippen LogP contribution in [0.25, 0.3) is 11.3 Å². The van der Waals surface area contributed by atoms with Gasteiger partial charge in [0, 0.05) is 14.5 Å². The minimum atomic E-state index is -0.235. The third kappa shape index (κ3) is 4.24. The Kier molecular flexibility index (Phi) is 6.01. The summed E-state index contributed by atoms with van der Waals surface area (Å²) >= 11 is 3.51. The van der Waals surface area contributed by atoms with Crippen LogP contribution in [0.1, 0.15) is 21.5 Å². The standard InChI is InChI=1S/C20H19IN2O3S/c1-11-5-6-13(7-12(11)2)16-10-27-20(22-16)23-19(24)14-8-17(25-3)18(26-4)9-15(14)21/h5-10H,1-4H3,(H,22,23,24). The number of nitrogens with zero attached hydrogens (tertiary/aromatic N) is 1. The number of hydrogen-bond acceptors (Lipinski definition) is 5. The molecule has 140 valence electrons. The van der Waals surface area contributed by atoms with Gasteiger partial charge in [0.1, 0.15) is 0 Å². The molecule has 0 aliphatic carbocycles. The van der Waals surface area contributed by atoms with Gasteiger partial charge in [0.15, 0.2) is 16.6 Å². The second kappa shape index (κ2) is 8.26. The number of hydrogen-bond donors (Lipinski definition) is 1. The Labute approximate surface area is 175 Å². The highest BCUT2D eigenvalue weighted by atomic mass is 127. The zero-order valence-electron chi connectivity index (χ0n) is 15.4.